The van der Waals surface area contributed by atoms with E-state index in [0.717, 1.165) is 15.8 Å². The quantitative estimate of drug-likeness (QED) is 0.579. The summed E-state index contributed by atoms with van der Waals surface area (Å²) in [4.78, 5) is 18.5. The number of pyridine rings is 2. The first kappa shape index (κ1) is 13.5. The standard InChI is InChI=1S/C13H10BrN5O2/c14-9-1-4-13-17-10(8-18(13)7-9)5-15-12-3-2-11(6-16-12)19(20)21/h1-4,6-8H,5H2,(H,15,16). The fraction of sp³-hybridized carbons (Fsp3) is 0.0769. The van der Waals surface area contributed by atoms with Gasteiger partial charge < -0.3 is 9.72 Å². The summed E-state index contributed by atoms with van der Waals surface area (Å²) < 4.78 is 2.90. The zero-order valence-electron chi connectivity index (χ0n) is 10.7. The molecule has 0 spiro atoms. The van der Waals surface area contributed by atoms with Gasteiger partial charge in [-0.25, -0.2) is 9.97 Å². The Labute approximate surface area is 127 Å². The Bertz CT molecular complexity index is 800. The van der Waals surface area contributed by atoms with E-state index in [1.807, 2.05) is 28.9 Å². The van der Waals surface area contributed by atoms with Gasteiger partial charge in [0, 0.05) is 22.9 Å². The summed E-state index contributed by atoms with van der Waals surface area (Å²) >= 11 is 3.41. The van der Waals surface area contributed by atoms with Crippen LogP contribution in [-0.2, 0) is 6.54 Å². The Kier molecular flexibility index (Phi) is 3.53. The van der Waals surface area contributed by atoms with Gasteiger partial charge in [-0.15, -0.1) is 0 Å². The van der Waals surface area contributed by atoms with Gasteiger partial charge in [-0.3, -0.25) is 10.1 Å². The fourth-order valence-corrected chi connectivity index (χ4v) is 2.23. The molecule has 3 aromatic rings. The Hall–Kier alpha value is -2.48. The topological polar surface area (TPSA) is 85.4 Å². The van der Waals surface area contributed by atoms with Gasteiger partial charge in [0.1, 0.15) is 17.7 Å². The number of fused-ring (bicyclic) bond motifs is 1. The summed E-state index contributed by atoms with van der Waals surface area (Å²) in [6.45, 7) is 0.490. The first-order valence-electron chi connectivity index (χ1n) is 6.09. The maximum Gasteiger partial charge on any atom is 0.287 e. The van der Waals surface area contributed by atoms with Crippen molar-refractivity contribution in [2.75, 3.05) is 5.32 Å². The van der Waals surface area contributed by atoms with E-state index in [1.165, 1.54) is 12.3 Å². The first-order chi connectivity index (χ1) is 10.1. The summed E-state index contributed by atoms with van der Waals surface area (Å²) in [5.74, 6) is 0.568. The van der Waals surface area contributed by atoms with Crippen molar-refractivity contribution in [1.82, 2.24) is 14.4 Å². The van der Waals surface area contributed by atoms with E-state index in [9.17, 15) is 10.1 Å². The molecule has 106 valence electrons. The van der Waals surface area contributed by atoms with Crippen molar-refractivity contribution < 1.29 is 4.92 Å². The predicted molar refractivity (Wildman–Crippen MR) is 81.1 cm³/mol. The third-order valence-corrected chi connectivity index (χ3v) is 3.34. The minimum atomic E-state index is -0.475. The summed E-state index contributed by atoms with van der Waals surface area (Å²) in [6, 6.07) is 6.83. The smallest absolute Gasteiger partial charge is 0.287 e. The molecule has 0 fully saturated rings. The van der Waals surface area contributed by atoms with Crippen LogP contribution >= 0.6 is 15.9 Å². The molecule has 0 radical (unpaired) electrons. The minimum absolute atomic E-state index is 0.0295. The molecule has 0 saturated heterocycles. The van der Waals surface area contributed by atoms with Crippen LogP contribution in [0.15, 0.2) is 47.3 Å². The number of hydrogen-bond donors (Lipinski definition) is 1. The number of rotatable bonds is 4. The number of nitrogens with one attached hydrogen (secondary N) is 1. The summed E-state index contributed by atoms with van der Waals surface area (Å²) in [6.07, 6.45) is 5.07. The van der Waals surface area contributed by atoms with E-state index in [0.29, 0.717) is 12.4 Å². The van der Waals surface area contributed by atoms with E-state index in [4.69, 9.17) is 0 Å². The number of nitro groups is 1. The van der Waals surface area contributed by atoms with Crippen LogP contribution < -0.4 is 5.32 Å². The molecule has 3 rings (SSSR count). The lowest BCUT2D eigenvalue weighted by Crippen LogP contribution is -2.01. The average Bonchev–Trinajstić information content (AvgIpc) is 2.87. The van der Waals surface area contributed by atoms with Gasteiger partial charge in [-0.05, 0) is 34.1 Å². The van der Waals surface area contributed by atoms with Gasteiger partial charge in [-0.2, -0.15) is 0 Å². The number of aromatic nitrogens is 3. The molecule has 0 atom stereocenters. The van der Waals surface area contributed by atoms with Gasteiger partial charge in [0.15, 0.2) is 0 Å². The molecule has 21 heavy (non-hydrogen) atoms. The predicted octanol–water partition coefficient (Wildman–Crippen LogP) is 3.01. The fourth-order valence-electron chi connectivity index (χ4n) is 1.88. The van der Waals surface area contributed by atoms with Gasteiger partial charge in [0.05, 0.1) is 17.2 Å². The van der Waals surface area contributed by atoms with Crippen LogP contribution in [0.25, 0.3) is 5.65 Å². The number of hydrogen-bond acceptors (Lipinski definition) is 5. The molecule has 7 nitrogen and oxygen atoms in total. The third-order valence-electron chi connectivity index (χ3n) is 2.87. The van der Waals surface area contributed by atoms with Crippen molar-refractivity contribution in [3.8, 4) is 0 Å². The zero-order valence-corrected chi connectivity index (χ0v) is 12.3. The molecule has 0 aliphatic carbocycles. The molecule has 0 amide bonds. The number of halogens is 1. The van der Waals surface area contributed by atoms with E-state index in [-0.39, 0.29) is 5.69 Å². The van der Waals surface area contributed by atoms with E-state index < -0.39 is 4.92 Å². The highest BCUT2D eigenvalue weighted by Gasteiger charge is 2.06. The molecule has 3 aromatic heterocycles. The van der Waals surface area contributed by atoms with Crippen molar-refractivity contribution in [2.24, 2.45) is 0 Å². The van der Waals surface area contributed by atoms with E-state index in [2.05, 4.69) is 31.2 Å². The maximum atomic E-state index is 10.5. The Balaban J connectivity index is 1.72. The van der Waals surface area contributed by atoms with Crippen molar-refractivity contribution in [3.63, 3.8) is 0 Å². The monoisotopic (exact) mass is 347 g/mol. The summed E-state index contributed by atoms with van der Waals surface area (Å²) in [5.41, 5.74) is 1.68. The number of anilines is 1. The number of imidazole rings is 1. The van der Waals surface area contributed by atoms with Crippen LogP contribution in [0.5, 0.6) is 0 Å². The second-order valence-electron chi connectivity index (χ2n) is 4.36. The molecule has 1 N–H and O–H groups in total. The van der Waals surface area contributed by atoms with Gasteiger partial charge in [0.25, 0.3) is 5.69 Å². The average molecular weight is 348 g/mol. The molecule has 8 heteroatoms. The zero-order chi connectivity index (χ0) is 14.8. The number of nitrogens with zero attached hydrogens (tertiary/aromatic N) is 4. The highest BCUT2D eigenvalue weighted by molar-refractivity contribution is 9.10. The van der Waals surface area contributed by atoms with Gasteiger partial charge in [0.2, 0.25) is 0 Å². The van der Waals surface area contributed by atoms with Crippen molar-refractivity contribution >= 4 is 33.1 Å². The molecule has 0 bridgehead atoms. The molecule has 0 aromatic carbocycles. The Morgan fingerprint density at radius 1 is 1.29 bits per heavy atom. The molecule has 0 unspecified atom stereocenters. The highest BCUT2D eigenvalue weighted by Crippen LogP contribution is 2.14. The third kappa shape index (κ3) is 3.00. The van der Waals surface area contributed by atoms with Crippen LogP contribution in [0, 0.1) is 10.1 Å². The van der Waals surface area contributed by atoms with Gasteiger partial charge in [-0.1, -0.05) is 0 Å². The maximum absolute atomic E-state index is 10.5. The van der Waals surface area contributed by atoms with Crippen LogP contribution in [0.3, 0.4) is 0 Å². The molecule has 3 heterocycles. The minimum Gasteiger partial charge on any atom is -0.364 e. The lowest BCUT2D eigenvalue weighted by Gasteiger charge is -2.02. The SMILES string of the molecule is O=[N+]([O-])c1ccc(NCc2cn3cc(Br)ccc3n2)nc1. The lowest BCUT2D eigenvalue weighted by atomic mass is 10.4. The second kappa shape index (κ2) is 5.49. The van der Waals surface area contributed by atoms with E-state index in [1.54, 1.807) is 6.07 Å². The Morgan fingerprint density at radius 2 is 2.14 bits per heavy atom. The van der Waals surface area contributed by atoms with Crippen LogP contribution in [-0.4, -0.2) is 19.3 Å². The second-order valence-corrected chi connectivity index (χ2v) is 5.27. The van der Waals surface area contributed by atoms with Crippen LogP contribution in [0.1, 0.15) is 5.69 Å². The van der Waals surface area contributed by atoms with Crippen LogP contribution in [0.4, 0.5) is 11.5 Å². The molecule has 0 aliphatic heterocycles. The molecule has 0 saturated carbocycles. The highest BCUT2D eigenvalue weighted by atomic mass is 79.9. The Morgan fingerprint density at radius 3 is 2.86 bits per heavy atom. The van der Waals surface area contributed by atoms with Gasteiger partial charge >= 0.3 is 0 Å². The van der Waals surface area contributed by atoms with E-state index >= 15 is 0 Å². The van der Waals surface area contributed by atoms with Crippen molar-refractivity contribution in [3.05, 3.63) is 63.1 Å². The summed E-state index contributed by atoms with van der Waals surface area (Å²) in [7, 11) is 0. The van der Waals surface area contributed by atoms with Crippen LogP contribution in [0.2, 0.25) is 0 Å². The molecular formula is C13H10BrN5O2. The lowest BCUT2D eigenvalue weighted by molar-refractivity contribution is -0.385. The first-order valence-corrected chi connectivity index (χ1v) is 6.88. The molecule has 0 aliphatic rings. The van der Waals surface area contributed by atoms with Crippen molar-refractivity contribution in [2.45, 2.75) is 6.54 Å². The molecular weight excluding hydrogens is 338 g/mol. The largest absolute Gasteiger partial charge is 0.364 e. The normalized spacial score (nSPS) is 10.7. The summed E-state index contributed by atoms with van der Waals surface area (Å²) in [5, 5.41) is 13.6. The van der Waals surface area contributed by atoms with Crippen molar-refractivity contribution in [1.29, 1.82) is 0 Å².